The predicted octanol–water partition coefficient (Wildman–Crippen LogP) is 3.50. The molecule has 2 aromatic carbocycles. The van der Waals surface area contributed by atoms with Gasteiger partial charge < -0.3 is 24.3 Å². The van der Waals surface area contributed by atoms with E-state index >= 15 is 0 Å². The van der Waals surface area contributed by atoms with Gasteiger partial charge in [-0.3, -0.25) is 19.3 Å². The van der Waals surface area contributed by atoms with Crippen molar-refractivity contribution in [2.24, 2.45) is 0 Å². The van der Waals surface area contributed by atoms with E-state index in [-0.39, 0.29) is 11.7 Å². The highest BCUT2D eigenvalue weighted by Gasteiger charge is 2.36. The van der Waals surface area contributed by atoms with E-state index in [1.165, 1.54) is 13.2 Å². The number of ether oxygens (including phenoxy) is 4. The van der Waals surface area contributed by atoms with Crippen molar-refractivity contribution in [3.05, 3.63) is 46.9 Å². The zero-order chi connectivity index (χ0) is 22.7. The first-order valence-electron chi connectivity index (χ1n) is 9.74. The molecule has 0 aromatic heterocycles. The number of carbonyl (C=O) groups is 3. The van der Waals surface area contributed by atoms with Crippen LogP contribution in [0.2, 0.25) is 0 Å². The lowest BCUT2D eigenvalue weighted by atomic mass is 10.1. The number of nitrogens with one attached hydrogen (secondary N) is 1. The summed E-state index contributed by atoms with van der Waals surface area (Å²) >= 11 is 0.759. The number of hydrogen-bond acceptors (Lipinski definition) is 8. The van der Waals surface area contributed by atoms with E-state index in [1.54, 1.807) is 36.4 Å². The van der Waals surface area contributed by atoms with Gasteiger partial charge in [0.05, 0.1) is 18.6 Å². The van der Waals surface area contributed by atoms with Crippen LogP contribution in [0.3, 0.4) is 0 Å². The van der Waals surface area contributed by atoms with Gasteiger partial charge >= 0.3 is 0 Å². The first-order valence-corrected chi connectivity index (χ1v) is 10.6. The van der Waals surface area contributed by atoms with Crippen molar-refractivity contribution < 1.29 is 33.3 Å². The highest BCUT2D eigenvalue weighted by Crippen LogP contribution is 2.40. The molecule has 10 heteroatoms. The van der Waals surface area contributed by atoms with Crippen LogP contribution in [-0.4, -0.2) is 49.0 Å². The molecule has 1 N–H and O–H groups in total. The summed E-state index contributed by atoms with van der Waals surface area (Å²) in [5, 5.41) is 2.15. The standard InChI is InChI=1S/C22H20N2O7S/c1-3-29-15-6-4-14(5-7-15)23-20(25)11-24-21(26)19(32-22(24)27)9-13-8-17-18(31-12-30-17)10-16(13)28-2/h4-10H,3,11-12H2,1-2H3,(H,23,25)/b19-9+. The second-order valence-electron chi connectivity index (χ2n) is 6.72. The molecule has 166 valence electrons. The van der Waals surface area contributed by atoms with Crippen molar-refractivity contribution in [3.63, 3.8) is 0 Å². The average Bonchev–Trinajstić information content (AvgIpc) is 3.34. The molecule has 9 nitrogen and oxygen atoms in total. The molecule has 2 aromatic rings. The molecule has 2 aliphatic rings. The quantitative estimate of drug-likeness (QED) is 0.632. The summed E-state index contributed by atoms with van der Waals surface area (Å²) in [7, 11) is 1.49. The third-order valence-corrected chi connectivity index (χ3v) is 5.54. The van der Waals surface area contributed by atoms with Crippen LogP contribution in [0.1, 0.15) is 12.5 Å². The van der Waals surface area contributed by atoms with E-state index in [0.29, 0.717) is 40.9 Å². The molecule has 0 bridgehead atoms. The number of hydrogen-bond donors (Lipinski definition) is 1. The number of amides is 3. The van der Waals surface area contributed by atoms with E-state index in [2.05, 4.69) is 5.32 Å². The van der Waals surface area contributed by atoms with Gasteiger partial charge in [-0.1, -0.05) is 0 Å². The maximum absolute atomic E-state index is 12.8. The SMILES string of the molecule is CCOc1ccc(NC(=O)CN2C(=O)S/C(=C/c3cc4c(cc3OC)OCO4)C2=O)cc1. The van der Waals surface area contributed by atoms with E-state index in [4.69, 9.17) is 18.9 Å². The summed E-state index contributed by atoms with van der Waals surface area (Å²) in [5.74, 6) is 1.17. The molecule has 2 heterocycles. The Morgan fingerprint density at radius 1 is 1.19 bits per heavy atom. The van der Waals surface area contributed by atoms with Crippen molar-refractivity contribution in [3.8, 4) is 23.0 Å². The second-order valence-corrected chi connectivity index (χ2v) is 7.71. The van der Waals surface area contributed by atoms with Gasteiger partial charge in [0, 0.05) is 17.3 Å². The fraction of sp³-hybridized carbons (Fsp3) is 0.227. The Hall–Kier alpha value is -3.66. The minimum absolute atomic E-state index is 0.0991. The van der Waals surface area contributed by atoms with Crippen LogP contribution in [-0.2, 0) is 9.59 Å². The number of fused-ring (bicyclic) bond motifs is 1. The minimum atomic E-state index is -0.554. The lowest BCUT2D eigenvalue weighted by Crippen LogP contribution is -2.36. The van der Waals surface area contributed by atoms with E-state index in [1.807, 2.05) is 6.92 Å². The largest absolute Gasteiger partial charge is 0.496 e. The molecule has 3 amide bonds. The molecule has 32 heavy (non-hydrogen) atoms. The zero-order valence-corrected chi connectivity index (χ0v) is 18.2. The lowest BCUT2D eigenvalue weighted by Gasteiger charge is -2.13. The maximum Gasteiger partial charge on any atom is 0.294 e. The summed E-state index contributed by atoms with van der Waals surface area (Å²) in [6, 6.07) is 10.1. The van der Waals surface area contributed by atoms with Gasteiger partial charge in [-0.2, -0.15) is 0 Å². The van der Waals surface area contributed by atoms with Crippen molar-refractivity contribution in [2.45, 2.75) is 6.92 Å². The van der Waals surface area contributed by atoms with Crippen molar-refractivity contribution >= 4 is 40.6 Å². The van der Waals surface area contributed by atoms with Crippen LogP contribution >= 0.6 is 11.8 Å². The molecular weight excluding hydrogens is 436 g/mol. The summed E-state index contributed by atoms with van der Waals surface area (Å²) in [4.78, 5) is 38.6. The van der Waals surface area contributed by atoms with Crippen molar-refractivity contribution in [2.75, 3.05) is 32.4 Å². The van der Waals surface area contributed by atoms with Crippen LogP contribution in [0.5, 0.6) is 23.0 Å². The Kier molecular flexibility index (Phi) is 6.22. The van der Waals surface area contributed by atoms with Gasteiger partial charge in [-0.15, -0.1) is 0 Å². The maximum atomic E-state index is 12.8. The topological polar surface area (TPSA) is 103 Å². The number of benzene rings is 2. The van der Waals surface area contributed by atoms with Gasteiger partial charge in [-0.25, -0.2) is 0 Å². The Labute approximate surface area is 188 Å². The first-order chi connectivity index (χ1) is 15.5. The molecule has 0 radical (unpaired) electrons. The predicted molar refractivity (Wildman–Crippen MR) is 118 cm³/mol. The summed E-state index contributed by atoms with van der Waals surface area (Å²) in [5.41, 5.74) is 1.09. The molecule has 2 aliphatic heterocycles. The molecule has 0 aliphatic carbocycles. The number of carbonyl (C=O) groups excluding carboxylic acids is 3. The molecule has 1 saturated heterocycles. The van der Waals surface area contributed by atoms with Crippen molar-refractivity contribution in [1.82, 2.24) is 4.90 Å². The van der Waals surface area contributed by atoms with Crippen LogP contribution in [0.4, 0.5) is 10.5 Å². The summed E-state index contributed by atoms with van der Waals surface area (Å²) < 4.78 is 21.4. The van der Waals surface area contributed by atoms with Crippen molar-refractivity contribution in [1.29, 1.82) is 0 Å². The summed E-state index contributed by atoms with van der Waals surface area (Å²) in [6.07, 6.45) is 1.54. The number of methoxy groups -OCH3 is 1. The van der Waals surface area contributed by atoms with Crippen LogP contribution in [0, 0.1) is 0 Å². The Bertz CT molecular complexity index is 1100. The Morgan fingerprint density at radius 2 is 1.91 bits per heavy atom. The average molecular weight is 456 g/mol. The van der Waals surface area contributed by atoms with Gasteiger partial charge in [0.25, 0.3) is 11.1 Å². The smallest absolute Gasteiger partial charge is 0.294 e. The second kappa shape index (κ2) is 9.23. The molecule has 0 atom stereocenters. The molecule has 1 fully saturated rings. The van der Waals surface area contributed by atoms with Gasteiger partial charge in [0.2, 0.25) is 12.7 Å². The number of imide groups is 1. The normalized spacial score (nSPS) is 15.9. The highest BCUT2D eigenvalue weighted by molar-refractivity contribution is 8.18. The molecular formula is C22H20N2O7S. The van der Waals surface area contributed by atoms with E-state index in [0.717, 1.165) is 16.7 Å². The molecule has 0 unspecified atom stereocenters. The Balaban J connectivity index is 1.45. The third-order valence-electron chi connectivity index (χ3n) is 4.64. The lowest BCUT2D eigenvalue weighted by molar-refractivity contribution is -0.127. The number of anilines is 1. The highest BCUT2D eigenvalue weighted by atomic mass is 32.2. The first kappa shape index (κ1) is 21.6. The molecule has 4 rings (SSSR count). The van der Waals surface area contributed by atoms with E-state index < -0.39 is 23.6 Å². The van der Waals surface area contributed by atoms with Gasteiger partial charge in [0.1, 0.15) is 18.0 Å². The fourth-order valence-electron chi connectivity index (χ4n) is 3.15. The van der Waals surface area contributed by atoms with Crippen LogP contribution < -0.4 is 24.3 Å². The van der Waals surface area contributed by atoms with Gasteiger partial charge in [-0.05, 0) is 55.1 Å². The molecule has 0 saturated carbocycles. The fourth-order valence-corrected chi connectivity index (χ4v) is 3.98. The third kappa shape index (κ3) is 4.50. The van der Waals surface area contributed by atoms with Crippen LogP contribution in [0.25, 0.3) is 6.08 Å². The molecule has 0 spiro atoms. The zero-order valence-electron chi connectivity index (χ0n) is 17.4. The Morgan fingerprint density at radius 3 is 2.59 bits per heavy atom. The number of nitrogens with zero attached hydrogens (tertiary/aromatic N) is 1. The summed E-state index contributed by atoms with van der Waals surface area (Å²) in [6.45, 7) is 2.12. The number of rotatable bonds is 7. The number of thioether (sulfide) groups is 1. The van der Waals surface area contributed by atoms with E-state index in [9.17, 15) is 14.4 Å². The monoisotopic (exact) mass is 456 g/mol. The van der Waals surface area contributed by atoms with Crippen LogP contribution in [0.15, 0.2) is 41.3 Å². The van der Waals surface area contributed by atoms with Gasteiger partial charge in [0.15, 0.2) is 11.5 Å². The minimum Gasteiger partial charge on any atom is -0.496 e.